The number of carbonyl (C=O) groups is 1. The van der Waals surface area contributed by atoms with Crippen LogP contribution in [0.5, 0.6) is 11.6 Å². The van der Waals surface area contributed by atoms with Crippen molar-refractivity contribution >= 4 is 5.91 Å². The summed E-state index contributed by atoms with van der Waals surface area (Å²) in [6.45, 7) is 4.62. The van der Waals surface area contributed by atoms with Crippen LogP contribution >= 0.6 is 0 Å². The molecular formula is C19H18F3N3O2. The van der Waals surface area contributed by atoms with Crippen molar-refractivity contribution in [2.24, 2.45) is 0 Å². The first-order valence-corrected chi connectivity index (χ1v) is 8.46. The Morgan fingerprint density at radius 1 is 1.22 bits per heavy atom. The number of alkyl halides is 3. The number of ether oxygens (including phenoxy) is 1. The minimum atomic E-state index is -4.40. The Bertz CT molecular complexity index is 822. The van der Waals surface area contributed by atoms with Crippen molar-refractivity contribution in [2.75, 3.05) is 13.1 Å². The number of hydrogen-bond donors (Lipinski definition) is 0. The number of rotatable bonds is 4. The van der Waals surface area contributed by atoms with Gasteiger partial charge in [-0.1, -0.05) is 6.58 Å². The monoisotopic (exact) mass is 377 g/mol. The van der Waals surface area contributed by atoms with E-state index in [1.807, 2.05) is 0 Å². The number of halogens is 3. The lowest BCUT2D eigenvalue weighted by molar-refractivity contribution is -0.137. The molecule has 1 atom stereocenters. The fourth-order valence-electron chi connectivity index (χ4n) is 3.05. The molecule has 2 aromatic rings. The molecule has 0 spiro atoms. The highest BCUT2D eigenvalue weighted by Crippen LogP contribution is 2.34. The second-order valence-corrected chi connectivity index (χ2v) is 6.20. The van der Waals surface area contributed by atoms with E-state index in [-0.39, 0.29) is 23.5 Å². The highest BCUT2D eigenvalue weighted by atomic mass is 19.4. The predicted molar refractivity (Wildman–Crippen MR) is 92.3 cm³/mol. The van der Waals surface area contributed by atoms with Gasteiger partial charge in [0.1, 0.15) is 11.4 Å². The van der Waals surface area contributed by atoms with E-state index >= 15 is 0 Å². The van der Waals surface area contributed by atoms with Crippen LogP contribution in [0.15, 0.2) is 49.3 Å². The van der Waals surface area contributed by atoms with E-state index in [2.05, 4.69) is 16.5 Å². The van der Waals surface area contributed by atoms with E-state index in [1.54, 1.807) is 4.90 Å². The molecule has 0 bridgehead atoms. The van der Waals surface area contributed by atoms with Gasteiger partial charge in [-0.15, -0.1) is 0 Å². The lowest BCUT2D eigenvalue weighted by atomic mass is 9.94. The standard InChI is InChI=1S/C19H18F3N3O2/c1-2-16(26)25-11-3-4-13(12-25)17-18(24-10-9-23-17)27-15-7-5-14(6-8-15)19(20,21)22/h2,5-10,13H,1,3-4,11-12H2. The van der Waals surface area contributed by atoms with Gasteiger partial charge in [0.25, 0.3) is 0 Å². The molecule has 0 saturated carbocycles. The summed E-state index contributed by atoms with van der Waals surface area (Å²) in [6.07, 6.45) is 1.48. The predicted octanol–water partition coefficient (Wildman–Crippen LogP) is 4.18. The van der Waals surface area contributed by atoms with Crippen LogP contribution in [-0.2, 0) is 11.0 Å². The van der Waals surface area contributed by atoms with Crippen molar-refractivity contribution in [1.29, 1.82) is 0 Å². The Morgan fingerprint density at radius 3 is 2.59 bits per heavy atom. The molecule has 0 N–H and O–H groups in total. The first kappa shape index (κ1) is 18.9. The van der Waals surface area contributed by atoms with Gasteiger partial charge in [-0.05, 0) is 43.2 Å². The molecule has 0 aliphatic carbocycles. The largest absolute Gasteiger partial charge is 0.437 e. The van der Waals surface area contributed by atoms with E-state index in [0.29, 0.717) is 18.8 Å². The van der Waals surface area contributed by atoms with E-state index < -0.39 is 11.7 Å². The van der Waals surface area contributed by atoms with Crippen LogP contribution in [0.4, 0.5) is 13.2 Å². The molecule has 1 aliphatic heterocycles. The summed E-state index contributed by atoms with van der Waals surface area (Å²) >= 11 is 0. The number of hydrogen-bond acceptors (Lipinski definition) is 4. The number of benzene rings is 1. The molecule has 1 fully saturated rings. The summed E-state index contributed by atoms with van der Waals surface area (Å²) in [6, 6.07) is 4.40. The average molecular weight is 377 g/mol. The highest BCUT2D eigenvalue weighted by Gasteiger charge is 2.30. The molecule has 8 heteroatoms. The summed E-state index contributed by atoms with van der Waals surface area (Å²) in [5, 5.41) is 0. The molecule has 1 amide bonds. The third-order valence-electron chi connectivity index (χ3n) is 4.38. The summed E-state index contributed by atoms with van der Waals surface area (Å²) in [7, 11) is 0. The van der Waals surface area contributed by atoms with Gasteiger partial charge in [0.2, 0.25) is 11.8 Å². The Kier molecular flexibility index (Phi) is 5.43. The molecule has 1 aliphatic rings. The normalized spacial score (nSPS) is 17.4. The summed E-state index contributed by atoms with van der Waals surface area (Å²) in [5.74, 6) is 0.254. The minimum Gasteiger partial charge on any atom is -0.437 e. The molecular weight excluding hydrogens is 359 g/mol. The zero-order valence-corrected chi connectivity index (χ0v) is 14.4. The Morgan fingerprint density at radius 2 is 1.93 bits per heavy atom. The van der Waals surface area contributed by atoms with Crippen molar-refractivity contribution in [2.45, 2.75) is 24.9 Å². The highest BCUT2D eigenvalue weighted by molar-refractivity contribution is 5.87. The van der Waals surface area contributed by atoms with Crippen LogP contribution < -0.4 is 4.74 Å². The molecule has 142 valence electrons. The van der Waals surface area contributed by atoms with Crippen LogP contribution in [0.1, 0.15) is 30.0 Å². The molecule has 1 saturated heterocycles. The Labute approximate surface area is 154 Å². The van der Waals surface area contributed by atoms with Crippen LogP contribution in [-0.4, -0.2) is 33.9 Å². The first-order chi connectivity index (χ1) is 12.9. The van der Waals surface area contributed by atoms with E-state index in [0.717, 1.165) is 25.0 Å². The molecule has 1 aromatic heterocycles. The quantitative estimate of drug-likeness (QED) is 0.750. The molecule has 27 heavy (non-hydrogen) atoms. The molecule has 1 aromatic carbocycles. The van der Waals surface area contributed by atoms with Crippen molar-refractivity contribution in [3.63, 3.8) is 0 Å². The topological polar surface area (TPSA) is 55.3 Å². The number of nitrogens with zero attached hydrogens (tertiary/aromatic N) is 3. The van der Waals surface area contributed by atoms with Crippen LogP contribution in [0, 0.1) is 0 Å². The maximum Gasteiger partial charge on any atom is 0.416 e. The number of aromatic nitrogens is 2. The average Bonchev–Trinajstić information content (AvgIpc) is 2.67. The number of piperidine rings is 1. The van der Waals surface area contributed by atoms with Gasteiger partial charge in [0.15, 0.2) is 0 Å². The molecule has 3 rings (SSSR count). The minimum absolute atomic E-state index is 0.0687. The third kappa shape index (κ3) is 4.45. The molecule has 2 heterocycles. The fourth-order valence-corrected chi connectivity index (χ4v) is 3.05. The molecule has 0 radical (unpaired) electrons. The maximum atomic E-state index is 12.7. The zero-order valence-electron chi connectivity index (χ0n) is 14.4. The van der Waals surface area contributed by atoms with Crippen molar-refractivity contribution in [1.82, 2.24) is 14.9 Å². The van der Waals surface area contributed by atoms with Gasteiger partial charge in [-0.3, -0.25) is 9.78 Å². The third-order valence-corrected chi connectivity index (χ3v) is 4.38. The number of amides is 1. The number of carbonyl (C=O) groups excluding carboxylic acids is 1. The molecule has 5 nitrogen and oxygen atoms in total. The van der Waals surface area contributed by atoms with Crippen LogP contribution in [0.2, 0.25) is 0 Å². The lowest BCUT2D eigenvalue weighted by Gasteiger charge is -2.32. The van der Waals surface area contributed by atoms with Crippen LogP contribution in [0.25, 0.3) is 0 Å². The first-order valence-electron chi connectivity index (χ1n) is 8.46. The summed E-state index contributed by atoms with van der Waals surface area (Å²) in [4.78, 5) is 22.1. The smallest absolute Gasteiger partial charge is 0.416 e. The Balaban J connectivity index is 1.80. The lowest BCUT2D eigenvalue weighted by Crippen LogP contribution is -2.38. The van der Waals surface area contributed by atoms with Gasteiger partial charge in [0, 0.05) is 31.4 Å². The van der Waals surface area contributed by atoms with Crippen molar-refractivity contribution in [3.8, 4) is 11.6 Å². The second kappa shape index (κ2) is 7.77. The van der Waals surface area contributed by atoms with E-state index in [1.165, 1.54) is 30.6 Å². The van der Waals surface area contributed by atoms with Crippen molar-refractivity contribution in [3.05, 3.63) is 60.6 Å². The number of likely N-dealkylation sites (tertiary alicyclic amines) is 1. The SMILES string of the molecule is C=CC(=O)N1CCCC(c2nccnc2Oc2ccc(C(F)(F)F)cc2)C1. The second-order valence-electron chi connectivity index (χ2n) is 6.20. The summed E-state index contributed by atoms with van der Waals surface area (Å²) < 4.78 is 43.7. The van der Waals surface area contributed by atoms with Crippen molar-refractivity contribution < 1.29 is 22.7 Å². The fraction of sp³-hybridized carbons (Fsp3) is 0.316. The van der Waals surface area contributed by atoms with Gasteiger partial charge in [-0.2, -0.15) is 13.2 Å². The van der Waals surface area contributed by atoms with E-state index in [4.69, 9.17) is 4.74 Å². The van der Waals surface area contributed by atoms with E-state index in [9.17, 15) is 18.0 Å². The Hall–Kier alpha value is -2.90. The molecule has 1 unspecified atom stereocenters. The van der Waals surface area contributed by atoms with Gasteiger partial charge >= 0.3 is 6.18 Å². The van der Waals surface area contributed by atoms with Gasteiger partial charge < -0.3 is 9.64 Å². The van der Waals surface area contributed by atoms with Gasteiger partial charge in [0.05, 0.1) is 5.56 Å². The van der Waals surface area contributed by atoms with Crippen LogP contribution in [0.3, 0.4) is 0 Å². The maximum absolute atomic E-state index is 12.7. The van der Waals surface area contributed by atoms with Gasteiger partial charge in [-0.25, -0.2) is 4.98 Å². The summed E-state index contributed by atoms with van der Waals surface area (Å²) in [5.41, 5.74) is -0.168. The zero-order chi connectivity index (χ0) is 19.4.